The molecule has 0 amide bonds. The molecule has 3 heteroatoms. The van der Waals surface area contributed by atoms with Crippen LogP contribution in [0.2, 0.25) is 0 Å². The Balaban J connectivity index is 2.56. The molecule has 0 spiro atoms. The van der Waals surface area contributed by atoms with Crippen LogP contribution in [-0.4, -0.2) is 12.8 Å². The van der Waals surface area contributed by atoms with Crippen molar-refractivity contribution < 1.29 is 4.79 Å². The molecule has 1 aliphatic heterocycles. The van der Waals surface area contributed by atoms with E-state index < -0.39 is 0 Å². The lowest BCUT2D eigenvalue weighted by molar-refractivity contribution is 0.112. The lowest BCUT2D eigenvalue weighted by atomic mass is 10.1. The van der Waals surface area contributed by atoms with E-state index in [9.17, 15) is 4.79 Å². The normalized spacial score (nSPS) is 13.8. The van der Waals surface area contributed by atoms with E-state index in [2.05, 4.69) is 21.2 Å². The lowest BCUT2D eigenvalue weighted by Crippen LogP contribution is -1.91. The van der Waals surface area contributed by atoms with Gasteiger partial charge in [0.25, 0.3) is 0 Å². The molecule has 0 atom stereocenters. The molecule has 1 heterocycles. The van der Waals surface area contributed by atoms with Crippen LogP contribution in [0.15, 0.2) is 16.6 Å². The van der Waals surface area contributed by atoms with E-state index in [0.717, 1.165) is 35.0 Å². The summed E-state index contributed by atoms with van der Waals surface area (Å²) in [7, 11) is 0. The first-order chi connectivity index (χ1) is 5.81. The third kappa shape index (κ3) is 1.14. The molecule has 2 nitrogen and oxygen atoms in total. The van der Waals surface area contributed by atoms with Gasteiger partial charge in [-0.3, -0.25) is 4.79 Å². The van der Waals surface area contributed by atoms with E-state index in [1.807, 2.05) is 12.1 Å². The number of rotatable bonds is 1. The van der Waals surface area contributed by atoms with Crippen LogP contribution in [0.4, 0.5) is 5.69 Å². The molecule has 0 saturated carbocycles. The van der Waals surface area contributed by atoms with Crippen molar-refractivity contribution in [2.24, 2.45) is 0 Å². The standard InChI is InChI=1S/C9H8BrNO/c10-8-4-9-6(1-2-11-9)3-7(8)5-12/h3-5,11H,1-2H2. The number of fused-ring (bicyclic) bond motifs is 1. The summed E-state index contributed by atoms with van der Waals surface area (Å²) in [6.45, 7) is 0.976. The van der Waals surface area contributed by atoms with E-state index in [4.69, 9.17) is 0 Å². The minimum atomic E-state index is 0.734. The highest BCUT2D eigenvalue weighted by Crippen LogP contribution is 2.28. The number of carbonyl (C=O) groups excluding carboxylic acids is 1. The van der Waals surface area contributed by atoms with Crippen molar-refractivity contribution in [2.45, 2.75) is 6.42 Å². The summed E-state index contributed by atoms with van der Waals surface area (Å²) in [4.78, 5) is 10.6. The number of halogens is 1. The zero-order chi connectivity index (χ0) is 8.55. The predicted molar refractivity (Wildman–Crippen MR) is 51.7 cm³/mol. The highest BCUT2D eigenvalue weighted by Gasteiger charge is 2.12. The first-order valence-electron chi connectivity index (χ1n) is 3.83. The average molecular weight is 226 g/mol. The second-order valence-corrected chi connectivity index (χ2v) is 3.68. The topological polar surface area (TPSA) is 29.1 Å². The Morgan fingerprint density at radius 3 is 3.08 bits per heavy atom. The fraction of sp³-hybridized carbons (Fsp3) is 0.222. The largest absolute Gasteiger partial charge is 0.384 e. The zero-order valence-electron chi connectivity index (χ0n) is 6.43. The molecule has 12 heavy (non-hydrogen) atoms. The maximum Gasteiger partial charge on any atom is 0.151 e. The third-order valence-corrected chi connectivity index (χ3v) is 2.75. The van der Waals surface area contributed by atoms with Crippen LogP contribution in [0.1, 0.15) is 15.9 Å². The molecule has 0 saturated heterocycles. The quantitative estimate of drug-likeness (QED) is 0.744. The van der Waals surface area contributed by atoms with Crippen LogP contribution in [0.3, 0.4) is 0 Å². The SMILES string of the molecule is O=Cc1cc2c(cc1Br)NCC2. The van der Waals surface area contributed by atoms with Crippen LogP contribution >= 0.6 is 15.9 Å². The van der Waals surface area contributed by atoms with Crippen molar-refractivity contribution in [3.05, 3.63) is 27.7 Å². The molecule has 1 N–H and O–H groups in total. The van der Waals surface area contributed by atoms with Crippen molar-refractivity contribution in [2.75, 3.05) is 11.9 Å². The van der Waals surface area contributed by atoms with Crippen molar-refractivity contribution in [3.8, 4) is 0 Å². The van der Waals surface area contributed by atoms with Gasteiger partial charge >= 0.3 is 0 Å². The summed E-state index contributed by atoms with van der Waals surface area (Å²) < 4.78 is 0.866. The number of benzene rings is 1. The van der Waals surface area contributed by atoms with Crippen LogP contribution in [0, 0.1) is 0 Å². The van der Waals surface area contributed by atoms with Crippen molar-refractivity contribution in [3.63, 3.8) is 0 Å². The molecule has 62 valence electrons. The maximum absolute atomic E-state index is 10.6. The molecule has 0 bridgehead atoms. The molecule has 0 unspecified atom stereocenters. The first kappa shape index (κ1) is 7.80. The molecule has 0 fully saturated rings. The Kier molecular flexibility index (Phi) is 1.89. The number of aldehydes is 1. The second-order valence-electron chi connectivity index (χ2n) is 2.83. The van der Waals surface area contributed by atoms with Crippen LogP contribution < -0.4 is 5.32 Å². The van der Waals surface area contributed by atoms with Gasteiger partial charge in [-0.05, 0) is 40.0 Å². The average Bonchev–Trinajstić information content (AvgIpc) is 2.49. The molecule has 2 rings (SSSR count). The smallest absolute Gasteiger partial charge is 0.151 e. The minimum Gasteiger partial charge on any atom is -0.384 e. The molecular weight excluding hydrogens is 218 g/mol. The van der Waals surface area contributed by atoms with E-state index in [-0.39, 0.29) is 0 Å². The van der Waals surface area contributed by atoms with Crippen molar-refractivity contribution in [1.29, 1.82) is 0 Å². The summed E-state index contributed by atoms with van der Waals surface area (Å²) in [5, 5.41) is 3.25. The van der Waals surface area contributed by atoms with Crippen molar-refractivity contribution >= 4 is 27.9 Å². The summed E-state index contributed by atoms with van der Waals surface area (Å²) in [5.74, 6) is 0. The van der Waals surface area contributed by atoms with Gasteiger partial charge in [-0.2, -0.15) is 0 Å². The first-order valence-corrected chi connectivity index (χ1v) is 4.62. The van der Waals surface area contributed by atoms with Crippen molar-refractivity contribution in [1.82, 2.24) is 0 Å². The monoisotopic (exact) mass is 225 g/mol. The maximum atomic E-state index is 10.6. The number of carbonyl (C=O) groups is 1. The number of hydrogen-bond donors (Lipinski definition) is 1. The number of nitrogens with one attached hydrogen (secondary N) is 1. The fourth-order valence-electron chi connectivity index (χ4n) is 1.43. The van der Waals surface area contributed by atoms with Gasteiger partial charge in [0.15, 0.2) is 6.29 Å². The molecule has 1 aromatic rings. The highest BCUT2D eigenvalue weighted by atomic mass is 79.9. The minimum absolute atomic E-state index is 0.734. The molecule has 0 aromatic heterocycles. The summed E-state index contributed by atoms with van der Waals surface area (Å²) >= 11 is 3.34. The molecule has 0 radical (unpaired) electrons. The van der Waals surface area contributed by atoms with Gasteiger partial charge in [0.1, 0.15) is 0 Å². The van der Waals surface area contributed by atoms with Gasteiger partial charge in [-0.15, -0.1) is 0 Å². The molecule has 0 aliphatic carbocycles. The van der Waals surface area contributed by atoms with Crippen LogP contribution in [-0.2, 0) is 6.42 Å². The van der Waals surface area contributed by atoms with E-state index >= 15 is 0 Å². The third-order valence-electron chi connectivity index (χ3n) is 2.06. The van der Waals surface area contributed by atoms with E-state index in [1.54, 1.807) is 0 Å². The van der Waals surface area contributed by atoms with E-state index in [1.165, 1.54) is 5.56 Å². The Morgan fingerprint density at radius 2 is 2.33 bits per heavy atom. The van der Waals surface area contributed by atoms with Gasteiger partial charge in [-0.1, -0.05) is 0 Å². The number of anilines is 1. The van der Waals surface area contributed by atoms with Gasteiger partial charge < -0.3 is 5.32 Å². The Morgan fingerprint density at radius 1 is 1.50 bits per heavy atom. The predicted octanol–water partition coefficient (Wildman–Crippen LogP) is 2.23. The summed E-state index contributed by atoms with van der Waals surface area (Å²) in [6, 6.07) is 3.90. The van der Waals surface area contributed by atoms with Crippen LogP contribution in [0.5, 0.6) is 0 Å². The van der Waals surface area contributed by atoms with Gasteiger partial charge in [0.05, 0.1) is 0 Å². The lowest BCUT2D eigenvalue weighted by Gasteiger charge is -2.02. The second kappa shape index (κ2) is 2.90. The van der Waals surface area contributed by atoms with Crippen LogP contribution in [0.25, 0.3) is 0 Å². The Hall–Kier alpha value is -0.830. The summed E-state index contributed by atoms with van der Waals surface area (Å²) in [6.07, 6.45) is 1.89. The molecule has 1 aliphatic rings. The highest BCUT2D eigenvalue weighted by molar-refractivity contribution is 9.10. The van der Waals surface area contributed by atoms with Gasteiger partial charge in [0, 0.05) is 22.3 Å². The Bertz CT molecular complexity index is 336. The van der Waals surface area contributed by atoms with E-state index in [0.29, 0.717) is 0 Å². The number of hydrogen-bond acceptors (Lipinski definition) is 2. The fourth-order valence-corrected chi connectivity index (χ4v) is 1.87. The Labute approximate surface area is 79.1 Å². The van der Waals surface area contributed by atoms with Gasteiger partial charge in [0.2, 0.25) is 0 Å². The molecule has 1 aromatic carbocycles. The zero-order valence-corrected chi connectivity index (χ0v) is 8.02. The summed E-state index contributed by atoms with van der Waals surface area (Å²) in [5.41, 5.74) is 3.12. The molecular formula is C9H8BrNO. The van der Waals surface area contributed by atoms with Gasteiger partial charge in [-0.25, -0.2) is 0 Å².